The first-order chi connectivity index (χ1) is 9.25. The third kappa shape index (κ3) is 4.26. The molecular weight excluding hydrogens is 375 g/mol. The normalized spacial score (nSPS) is 20.8. The van der Waals surface area contributed by atoms with Crippen molar-refractivity contribution >= 4 is 40.7 Å². The fourth-order valence-electron chi connectivity index (χ4n) is 3.23. The Bertz CT molecular complexity index is 451. The van der Waals surface area contributed by atoms with Crippen LogP contribution < -0.4 is 5.32 Å². The Morgan fingerprint density at radius 2 is 1.86 bits per heavy atom. The minimum atomic E-state index is 0. The van der Waals surface area contributed by atoms with Gasteiger partial charge in [-0.1, -0.05) is 28.4 Å². The molecule has 1 aromatic rings. The lowest BCUT2D eigenvalue weighted by molar-refractivity contribution is 0.0819. The maximum absolute atomic E-state index is 10.3. The Hall–Kier alpha value is -0.0000000000000000971. The van der Waals surface area contributed by atoms with E-state index in [-0.39, 0.29) is 24.8 Å². The molecule has 0 unspecified atom stereocenters. The van der Waals surface area contributed by atoms with Crippen molar-refractivity contribution in [3.05, 3.63) is 28.2 Å². The third-order valence-electron chi connectivity index (χ3n) is 4.45. The van der Waals surface area contributed by atoms with Crippen LogP contribution in [0.3, 0.4) is 0 Å². The molecule has 6 heteroatoms. The molecule has 1 aliphatic carbocycles. The molecule has 1 aromatic carbocycles. The van der Waals surface area contributed by atoms with Crippen molar-refractivity contribution in [2.24, 2.45) is 5.92 Å². The van der Waals surface area contributed by atoms with Crippen LogP contribution in [0.25, 0.3) is 0 Å². The molecule has 2 aliphatic rings. The van der Waals surface area contributed by atoms with Gasteiger partial charge in [-0.05, 0) is 30.9 Å². The van der Waals surface area contributed by atoms with Gasteiger partial charge in [-0.2, -0.15) is 0 Å². The second-order valence-electron chi connectivity index (χ2n) is 5.62. The van der Waals surface area contributed by atoms with Crippen LogP contribution in [0.2, 0.25) is 0 Å². The maximum Gasteiger partial charge on any atom is 0.121 e. The van der Waals surface area contributed by atoms with Crippen molar-refractivity contribution in [1.29, 1.82) is 0 Å². The Balaban J connectivity index is 0.00000110. The van der Waals surface area contributed by atoms with Gasteiger partial charge in [-0.15, -0.1) is 24.8 Å². The molecule has 2 N–H and O–H groups in total. The van der Waals surface area contributed by atoms with Gasteiger partial charge in [0.25, 0.3) is 0 Å². The Morgan fingerprint density at radius 1 is 1.19 bits per heavy atom. The van der Waals surface area contributed by atoms with Crippen LogP contribution in [0.1, 0.15) is 30.9 Å². The zero-order valence-electron chi connectivity index (χ0n) is 11.9. The van der Waals surface area contributed by atoms with Crippen LogP contribution in [-0.2, 0) is 0 Å². The fraction of sp³-hybridized carbons (Fsp3) is 0.600. The smallest absolute Gasteiger partial charge is 0.121 e. The molecule has 21 heavy (non-hydrogen) atoms. The molecule has 1 atom stereocenters. The number of nitrogens with one attached hydrogen (secondary N) is 1. The quantitative estimate of drug-likeness (QED) is 0.815. The summed E-state index contributed by atoms with van der Waals surface area (Å²) in [4.78, 5) is 2.54. The monoisotopic (exact) mass is 396 g/mol. The van der Waals surface area contributed by atoms with E-state index >= 15 is 0 Å². The van der Waals surface area contributed by atoms with E-state index in [2.05, 4.69) is 32.2 Å². The lowest BCUT2D eigenvalue weighted by atomic mass is 9.76. The number of hydrogen-bond donors (Lipinski definition) is 2. The van der Waals surface area contributed by atoms with Gasteiger partial charge < -0.3 is 10.4 Å². The third-order valence-corrected chi connectivity index (χ3v) is 4.95. The maximum atomic E-state index is 10.3. The highest BCUT2D eigenvalue weighted by Crippen LogP contribution is 2.44. The molecule has 0 bridgehead atoms. The van der Waals surface area contributed by atoms with Gasteiger partial charge in [0, 0.05) is 42.3 Å². The topological polar surface area (TPSA) is 35.5 Å². The molecule has 0 spiro atoms. The summed E-state index contributed by atoms with van der Waals surface area (Å²) in [6.07, 6.45) is 3.93. The number of hydrogen-bond acceptors (Lipinski definition) is 3. The van der Waals surface area contributed by atoms with Gasteiger partial charge in [-0.3, -0.25) is 4.90 Å². The van der Waals surface area contributed by atoms with E-state index in [4.69, 9.17) is 0 Å². The Kier molecular flexibility index (Phi) is 7.79. The van der Waals surface area contributed by atoms with Gasteiger partial charge in [0.15, 0.2) is 0 Å². The van der Waals surface area contributed by atoms with E-state index < -0.39 is 0 Å². The molecule has 120 valence electrons. The second-order valence-corrected chi connectivity index (χ2v) is 6.54. The van der Waals surface area contributed by atoms with Crippen molar-refractivity contribution in [2.45, 2.75) is 25.3 Å². The van der Waals surface area contributed by atoms with Crippen molar-refractivity contribution in [3.8, 4) is 5.75 Å². The number of benzene rings is 1. The summed E-state index contributed by atoms with van der Waals surface area (Å²) in [6.45, 7) is 4.27. The van der Waals surface area contributed by atoms with E-state index in [9.17, 15) is 5.11 Å². The minimum absolute atomic E-state index is 0. The molecule has 1 aliphatic heterocycles. The molecule has 1 heterocycles. The SMILES string of the molecule is Cl.Cl.Oc1cc(Br)ccc1[C@H](C1CCC1)N1CCNCC1. The molecule has 0 aromatic heterocycles. The van der Waals surface area contributed by atoms with Crippen LogP contribution in [0.5, 0.6) is 5.75 Å². The van der Waals surface area contributed by atoms with Crippen LogP contribution in [0.15, 0.2) is 22.7 Å². The van der Waals surface area contributed by atoms with Gasteiger partial charge >= 0.3 is 0 Å². The van der Waals surface area contributed by atoms with Gasteiger partial charge in [0.2, 0.25) is 0 Å². The summed E-state index contributed by atoms with van der Waals surface area (Å²) in [6, 6.07) is 6.35. The number of rotatable bonds is 3. The van der Waals surface area contributed by atoms with E-state index in [0.717, 1.165) is 36.2 Å². The summed E-state index contributed by atoms with van der Waals surface area (Å²) in [5.74, 6) is 1.15. The number of halogens is 3. The van der Waals surface area contributed by atoms with Crippen LogP contribution in [0.4, 0.5) is 0 Å². The zero-order valence-corrected chi connectivity index (χ0v) is 15.1. The van der Waals surface area contributed by atoms with E-state index in [0.29, 0.717) is 17.7 Å². The average molecular weight is 398 g/mol. The zero-order chi connectivity index (χ0) is 13.2. The molecule has 1 saturated heterocycles. The lowest BCUT2D eigenvalue weighted by Gasteiger charge is -2.43. The summed E-state index contributed by atoms with van der Waals surface area (Å²) in [5, 5.41) is 13.7. The first-order valence-corrected chi connectivity index (χ1v) is 7.98. The van der Waals surface area contributed by atoms with Crippen molar-refractivity contribution < 1.29 is 5.11 Å². The van der Waals surface area contributed by atoms with Crippen LogP contribution >= 0.6 is 40.7 Å². The van der Waals surface area contributed by atoms with Crippen molar-refractivity contribution in [1.82, 2.24) is 10.2 Å². The Labute approximate surface area is 147 Å². The summed E-state index contributed by atoms with van der Waals surface area (Å²) < 4.78 is 0.946. The first kappa shape index (κ1) is 19.0. The number of nitrogens with zero attached hydrogens (tertiary/aromatic N) is 1. The Morgan fingerprint density at radius 3 is 2.38 bits per heavy atom. The summed E-state index contributed by atoms with van der Waals surface area (Å²) >= 11 is 3.43. The predicted molar refractivity (Wildman–Crippen MR) is 94.8 cm³/mol. The van der Waals surface area contributed by atoms with Gasteiger partial charge in [0.05, 0.1) is 0 Å². The molecular formula is C15H23BrCl2N2O. The van der Waals surface area contributed by atoms with E-state index in [1.54, 1.807) is 0 Å². The number of phenols is 1. The number of piperazine rings is 1. The lowest BCUT2D eigenvalue weighted by Crippen LogP contribution is -2.47. The standard InChI is InChI=1S/C15H21BrN2O.2ClH/c16-12-4-5-13(14(19)10-12)15(11-2-1-3-11)18-8-6-17-7-9-18;;/h4-5,10-11,15,17,19H,1-3,6-9H2;2*1H/t15-;;/m0../s1. The predicted octanol–water partition coefficient (Wildman–Crippen LogP) is 3.74. The highest BCUT2D eigenvalue weighted by Gasteiger charge is 2.34. The first-order valence-electron chi connectivity index (χ1n) is 7.19. The minimum Gasteiger partial charge on any atom is -0.508 e. The molecule has 2 fully saturated rings. The molecule has 0 radical (unpaired) electrons. The van der Waals surface area contributed by atoms with Crippen LogP contribution in [0, 0.1) is 5.92 Å². The van der Waals surface area contributed by atoms with Crippen molar-refractivity contribution in [2.75, 3.05) is 26.2 Å². The highest BCUT2D eigenvalue weighted by molar-refractivity contribution is 9.10. The van der Waals surface area contributed by atoms with E-state index in [1.165, 1.54) is 19.3 Å². The second kappa shape index (κ2) is 8.59. The van der Waals surface area contributed by atoms with E-state index in [1.807, 2.05) is 12.1 Å². The molecule has 0 amide bonds. The molecule has 3 rings (SSSR count). The number of phenolic OH excluding ortho intramolecular Hbond substituents is 1. The van der Waals surface area contributed by atoms with Gasteiger partial charge in [0.1, 0.15) is 5.75 Å². The van der Waals surface area contributed by atoms with Gasteiger partial charge in [-0.25, -0.2) is 0 Å². The number of aromatic hydroxyl groups is 1. The highest BCUT2D eigenvalue weighted by atomic mass is 79.9. The van der Waals surface area contributed by atoms with Crippen LogP contribution in [-0.4, -0.2) is 36.2 Å². The molecule has 3 nitrogen and oxygen atoms in total. The van der Waals surface area contributed by atoms with Crippen molar-refractivity contribution in [3.63, 3.8) is 0 Å². The molecule has 1 saturated carbocycles. The average Bonchev–Trinajstić information content (AvgIpc) is 2.35. The fourth-order valence-corrected chi connectivity index (χ4v) is 3.58. The largest absolute Gasteiger partial charge is 0.508 e. The summed E-state index contributed by atoms with van der Waals surface area (Å²) in [5.41, 5.74) is 1.11. The summed E-state index contributed by atoms with van der Waals surface area (Å²) in [7, 11) is 0.